The topological polar surface area (TPSA) is 38.0 Å². The second kappa shape index (κ2) is 4.77. The van der Waals surface area contributed by atoms with E-state index in [0.29, 0.717) is 12.6 Å². The first-order chi connectivity index (χ1) is 7.31. The average Bonchev–Trinajstić information content (AvgIpc) is 2.30. The number of benzene rings is 1. The summed E-state index contributed by atoms with van der Waals surface area (Å²) in [6.45, 7) is 4.11. The molecule has 0 amide bonds. The normalized spacial score (nSPS) is 26.5. The Hall–Kier alpha value is -0.860. The van der Waals surface area contributed by atoms with Gasteiger partial charge >= 0.3 is 0 Å². The van der Waals surface area contributed by atoms with Gasteiger partial charge in [0.1, 0.15) is 0 Å². The molecule has 0 saturated carbocycles. The SMILES string of the molecule is CC1CCCNC1c1ccc(CN)cc1. The molecule has 1 saturated heterocycles. The summed E-state index contributed by atoms with van der Waals surface area (Å²) in [5, 5.41) is 3.59. The number of nitrogens with two attached hydrogens (primary N) is 1. The largest absolute Gasteiger partial charge is 0.326 e. The molecular formula is C13H20N2. The van der Waals surface area contributed by atoms with E-state index in [1.807, 2.05) is 0 Å². The van der Waals surface area contributed by atoms with E-state index in [2.05, 4.69) is 36.5 Å². The molecule has 0 aliphatic carbocycles. The van der Waals surface area contributed by atoms with Gasteiger partial charge in [-0.1, -0.05) is 31.2 Å². The summed E-state index contributed by atoms with van der Waals surface area (Å²) in [7, 11) is 0. The Kier molecular flexibility index (Phi) is 3.39. The van der Waals surface area contributed by atoms with E-state index >= 15 is 0 Å². The maximum Gasteiger partial charge on any atom is 0.0346 e. The zero-order chi connectivity index (χ0) is 10.7. The van der Waals surface area contributed by atoms with Crippen LogP contribution in [0.2, 0.25) is 0 Å². The van der Waals surface area contributed by atoms with E-state index < -0.39 is 0 Å². The van der Waals surface area contributed by atoms with Gasteiger partial charge < -0.3 is 11.1 Å². The van der Waals surface area contributed by atoms with E-state index in [0.717, 1.165) is 12.5 Å². The van der Waals surface area contributed by atoms with Crippen molar-refractivity contribution in [1.29, 1.82) is 0 Å². The molecule has 0 spiro atoms. The standard InChI is InChI=1S/C13H20N2/c1-10-3-2-8-15-13(10)12-6-4-11(9-14)5-7-12/h4-7,10,13,15H,2-3,8-9,14H2,1H3. The lowest BCUT2D eigenvalue weighted by Gasteiger charge is -2.30. The highest BCUT2D eigenvalue weighted by Crippen LogP contribution is 2.28. The molecule has 2 unspecified atom stereocenters. The summed E-state index contributed by atoms with van der Waals surface area (Å²) in [6.07, 6.45) is 2.63. The predicted molar refractivity (Wildman–Crippen MR) is 63.5 cm³/mol. The van der Waals surface area contributed by atoms with Crippen molar-refractivity contribution in [3.8, 4) is 0 Å². The third kappa shape index (κ3) is 2.39. The molecule has 2 nitrogen and oxygen atoms in total. The number of nitrogens with one attached hydrogen (secondary N) is 1. The van der Waals surface area contributed by atoms with E-state index in [4.69, 9.17) is 5.73 Å². The molecule has 1 fully saturated rings. The molecule has 15 heavy (non-hydrogen) atoms. The number of hydrogen-bond donors (Lipinski definition) is 2. The van der Waals surface area contributed by atoms with E-state index in [1.165, 1.54) is 24.0 Å². The quantitative estimate of drug-likeness (QED) is 0.775. The minimum atomic E-state index is 0.533. The Morgan fingerprint density at radius 1 is 1.33 bits per heavy atom. The van der Waals surface area contributed by atoms with Gasteiger partial charge in [-0.05, 0) is 36.4 Å². The van der Waals surface area contributed by atoms with E-state index in [9.17, 15) is 0 Å². The molecule has 2 heteroatoms. The van der Waals surface area contributed by atoms with Crippen molar-refractivity contribution < 1.29 is 0 Å². The molecule has 3 N–H and O–H groups in total. The smallest absolute Gasteiger partial charge is 0.0346 e. The van der Waals surface area contributed by atoms with Crippen LogP contribution in [0.1, 0.15) is 36.9 Å². The van der Waals surface area contributed by atoms with Gasteiger partial charge in [0.15, 0.2) is 0 Å². The van der Waals surface area contributed by atoms with Crippen LogP contribution in [-0.2, 0) is 6.54 Å². The third-order valence-electron chi connectivity index (χ3n) is 3.34. The first kappa shape index (κ1) is 10.7. The van der Waals surface area contributed by atoms with Crippen LogP contribution in [0, 0.1) is 5.92 Å². The molecule has 82 valence electrons. The van der Waals surface area contributed by atoms with E-state index in [-0.39, 0.29) is 0 Å². The van der Waals surface area contributed by atoms with Gasteiger partial charge in [0.05, 0.1) is 0 Å². The maximum absolute atomic E-state index is 5.59. The van der Waals surface area contributed by atoms with Crippen LogP contribution in [0.25, 0.3) is 0 Å². The summed E-state index contributed by atoms with van der Waals surface area (Å²) in [5.74, 6) is 0.738. The Morgan fingerprint density at radius 3 is 2.67 bits per heavy atom. The predicted octanol–water partition coefficient (Wildman–Crippen LogP) is 2.21. The summed E-state index contributed by atoms with van der Waals surface area (Å²) in [4.78, 5) is 0. The second-order valence-corrected chi connectivity index (χ2v) is 4.50. The number of hydrogen-bond acceptors (Lipinski definition) is 2. The second-order valence-electron chi connectivity index (χ2n) is 4.50. The zero-order valence-electron chi connectivity index (χ0n) is 9.37. The van der Waals surface area contributed by atoms with Crippen molar-refractivity contribution in [2.75, 3.05) is 6.54 Å². The lowest BCUT2D eigenvalue weighted by Crippen LogP contribution is -2.32. The zero-order valence-corrected chi connectivity index (χ0v) is 9.37. The molecule has 2 atom stereocenters. The molecule has 1 aromatic rings. The molecule has 1 aliphatic rings. The Bertz CT molecular complexity index is 305. The molecule has 2 rings (SSSR count). The van der Waals surface area contributed by atoms with Crippen LogP contribution in [0.4, 0.5) is 0 Å². The maximum atomic E-state index is 5.59. The summed E-state index contributed by atoms with van der Waals surface area (Å²) in [5.41, 5.74) is 8.20. The molecule has 0 radical (unpaired) electrons. The van der Waals surface area contributed by atoms with Crippen LogP contribution in [0.5, 0.6) is 0 Å². The molecule has 1 heterocycles. The molecule has 1 aliphatic heterocycles. The average molecular weight is 204 g/mol. The van der Waals surface area contributed by atoms with Crippen LogP contribution in [0.15, 0.2) is 24.3 Å². The monoisotopic (exact) mass is 204 g/mol. The van der Waals surface area contributed by atoms with Crippen molar-refractivity contribution in [3.05, 3.63) is 35.4 Å². The molecule has 0 bridgehead atoms. The van der Waals surface area contributed by atoms with Crippen LogP contribution < -0.4 is 11.1 Å². The minimum absolute atomic E-state index is 0.533. The van der Waals surface area contributed by atoms with Gasteiger partial charge in [0.2, 0.25) is 0 Å². The van der Waals surface area contributed by atoms with Gasteiger partial charge in [-0.15, -0.1) is 0 Å². The van der Waals surface area contributed by atoms with Crippen molar-refractivity contribution in [1.82, 2.24) is 5.32 Å². The highest BCUT2D eigenvalue weighted by molar-refractivity contribution is 5.25. The first-order valence-electron chi connectivity index (χ1n) is 5.83. The van der Waals surface area contributed by atoms with Crippen LogP contribution in [-0.4, -0.2) is 6.54 Å². The van der Waals surface area contributed by atoms with Crippen molar-refractivity contribution in [3.63, 3.8) is 0 Å². The van der Waals surface area contributed by atoms with Gasteiger partial charge in [-0.2, -0.15) is 0 Å². The van der Waals surface area contributed by atoms with Crippen LogP contribution in [0.3, 0.4) is 0 Å². The van der Waals surface area contributed by atoms with Gasteiger partial charge in [-0.3, -0.25) is 0 Å². The fourth-order valence-electron chi connectivity index (χ4n) is 2.36. The first-order valence-corrected chi connectivity index (χ1v) is 5.83. The Labute approximate surface area is 91.9 Å². The van der Waals surface area contributed by atoms with Gasteiger partial charge in [0, 0.05) is 12.6 Å². The summed E-state index contributed by atoms with van der Waals surface area (Å²) >= 11 is 0. The van der Waals surface area contributed by atoms with Crippen molar-refractivity contribution >= 4 is 0 Å². The lowest BCUT2D eigenvalue weighted by atomic mass is 9.87. The number of rotatable bonds is 2. The number of piperidine rings is 1. The van der Waals surface area contributed by atoms with Crippen molar-refractivity contribution in [2.24, 2.45) is 11.7 Å². The van der Waals surface area contributed by atoms with Gasteiger partial charge in [-0.25, -0.2) is 0 Å². The van der Waals surface area contributed by atoms with E-state index in [1.54, 1.807) is 0 Å². The Morgan fingerprint density at radius 2 is 2.07 bits per heavy atom. The van der Waals surface area contributed by atoms with Crippen LogP contribution >= 0.6 is 0 Å². The summed E-state index contributed by atoms with van der Waals surface area (Å²) < 4.78 is 0. The molecule has 1 aromatic carbocycles. The third-order valence-corrected chi connectivity index (χ3v) is 3.34. The highest BCUT2D eigenvalue weighted by atomic mass is 14.9. The minimum Gasteiger partial charge on any atom is -0.326 e. The van der Waals surface area contributed by atoms with Gasteiger partial charge in [0.25, 0.3) is 0 Å². The molecular weight excluding hydrogens is 184 g/mol. The van der Waals surface area contributed by atoms with Crippen molar-refractivity contribution in [2.45, 2.75) is 32.4 Å². The Balaban J connectivity index is 2.13. The fourth-order valence-corrected chi connectivity index (χ4v) is 2.36. The lowest BCUT2D eigenvalue weighted by molar-refractivity contribution is 0.306. The fraction of sp³-hybridized carbons (Fsp3) is 0.538. The molecule has 0 aromatic heterocycles. The highest BCUT2D eigenvalue weighted by Gasteiger charge is 2.21. The summed E-state index contributed by atoms with van der Waals surface area (Å²) in [6, 6.07) is 9.23.